The highest BCUT2D eigenvalue weighted by atomic mass is 19.1. The lowest BCUT2D eigenvalue weighted by molar-refractivity contribution is 0.621. The van der Waals surface area contributed by atoms with E-state index in [-0.39, 0.29) is 5.82 Å². The van der Waals surface area contributed by atoms with Crippen LogP contribution in [0.4, 0.5) is 15.9 Å². The minimum atomic E-state index is -0.242. The van der Waals surface area contributed by atoms with Gasteiger partial charge in [-0.15, -0.1) is 0 Å². The van der Waals surface area contributed by atoms with Gasteiger partial charge in [-0.25, -0.2) is 14.4 Å². The minimum Gasteiger partial charge on any atom is -0.343 e. The maximum atomic E-state index is 13.5. The monoisotopic (exact) mass is 385 g/mol. The van der Waals surface area contributed by atoms with Crippen LogP contribution in [0.2, 0.25) is 0 Å². The maximum absolute atomic E-state index is 13.5. The zero-order chi connectivity index (χ0) is 19.8. The molecule has 0 saturated carbocycles. The molecule has 2 aromatic carbocycles. The first-order chi connectivity index (χ1) is 14.2. The highest BCUT2D eigenvalue weighted by molar-refractivity contribution is 5.90. The first-order valence-corrected chi connectivity index (χ1v) is 9.27. The molecular formula is C22H18FN6. The van der Waals surface area contributed by atoms with Crippen LogP contribution in [0.5, 0.6) is 0 Å². The van der Waals surface area contributed by atoms with E-state index in [1.807, 2.05) is 52.0 Å². The zero-order valence-electron chi connectivity index (χ0n) is 15.6. The van der Waals surface area contributed by atoms with E-state index >= 15 is 0 Å². The molecule has 5 rings (SSSR count). The molecule has 0 spiro atoms. The molecule has 0 aliphatic heterocycles. The third-order valence-corrected chi connectivity index (χ3v) is 4.92. The Morgan fingerprint density at radius 2 is 2.00 bits per heavy atom. The standard InChI is InChI=1S/C22H18FN6/c1-2-28-9-8-19-21(28)22(25-14-24-19)27-18-6-7-20-16(11-18)12-26-29(20)13-15-4-3-5-17(23)10-15/h3-12,14H,1-2,13H2,(H,24,25,27). The van der Waals surface area contributed by atoms with E-state index in [4.69, 9.17) is 0 Å². The van der Waals surface area contributed by atoms with Gasteiger partial charge in [0, 0.05) is 23.8 Å². The smallest absolute Gasteiger partial charge is 0.158 e. The van der Waals surface area contributed by atoms with Gasteiger partial charge in [-0.3, -0.25) is 4.68 Å². The summed E-state index contributed by atoms with van der Waals surface area (Å²) in [5, 5.41) is 8.84. The van der Waals surface area contributed by atoms with Crippen molar-refractivity contribution < 1.29 is 4.39 Å². The van der Waals surface area contributed by atoms with Gasteiger partial charge < -0.3 is 9.88 Å². The van der Waals surface area contributed by atoms with Crippen LogP contribution < -0.4 is 5.32 Å². The van der Waals surface area contributed by atoms with Crippen LogP contribution in [0.1, 0.15) is 5.56 Å². The van der Waals surface area contributed by atoms with Crippen molar-refractivity contribution in [3.63, 3.8) is 0 Å². The highest BCUT2D eigenvalue weighted by Crippen LogP contribution is 2.26. The summed E-state index contributed by atoms with van der Waals surface area (Å²) < 4.78 is 17.3. The van der Waals surface area contributed by atoms with E-state index < -0.39 is 0 Å². The molecule has 0 unspecified atom stereocenters. The topological polar surface area (TPSA) is 60.6 Å². The second kappa shape index (κ2) is 7.01. The molecule has 6 nitrogen and oxygen atoms in total. The zero-order valence-corrected chi connectivity index (χ0v) is 15.6. The SMILES string of the molecule is [CH2]Cn1ccc2ncnc(Nc3ccc4c(cnn4Cc4cccc(F)c4)c3)c21. The average molecular weight is 385 g/mol. The fraction of sp³-hybridized carbons (Fsp3) is 0.0909. The van der Waals surface area contributed by atoms with Gasteiger partial charge in [0.2, 0.25) is 0 Å². The van der Waals surface area contributed by atoms with Gasteiger partial charge in [0.05, 0.1) is 23.8 Å². The number of nitrogens with one attached hydrogen (secondary N) is 1. The molecule has 0 atom stereocenters. The summed E-state index contributed by atoms with van der Waals surface area (Å²) in [4.78, 5) is 8.72. The van der Waals surface area contributed by atoms with Crippen LogP contribution in [-0.2, 0) is 13.1 Å². The fourth-order valence-corrected chi connectivity index (χ4v) is 3.55. The van der Waals surface area contributed by atoms with Crippen molar-refractivity contribution in [1.82, 2.24) is 24.3 Å². The molecule has 3 heterocycles. The molecule has 1 radical (unpaired) electrons. The lowest BCUT2D eigenvalue weighted by Gasteiger charge is -2.10. The van der Waals surface area contributed by atoms with Gasteiger partial charge in [-0.1, -0.05) is 12.1 Å². The molecule has 29 heavy (non-hydrogen) atoms. The van der Waals surface area contributed by atoms with Gasteiger partial charge >= 0.3 is 0 Å². The molecular weight excluding hydrogens is 367 g/mol. The number of aromatic nitrogens is 5. The molecule has 3 aromatic heterocycles. The molecule has 5 aromatic rings. The summed E-state index contributed by atoms with van der Waals surface area (Å²) in [5.41, 5.74) is 4.54. The minimum absolute atomic E-state index is 0.242. The molecule has 0 bridgehead atoms. The first kappa shape index (κ1) is 17.4. The van der Waals surface area contributed by atoms with E-state index in [1.54, 1.807) is 12.4 Å². The summed E-state index contributed by atoms with van der Waals surface area (Å²) in [6.45, 7) is 5.06. The van der Waals surface area contributed by atoms with E-state index in [1.165, 1.54) is 12.1 Å². The lowest BCUT2D eigenvalue weighted by atomic mass is 10.2. The summed E-state index contributed by atoms with van der Waals surface area (Å²) >= 11 is 0. The number of nitrogens with zero attached hydrogens (tertiary/aromatic N) is 5. The van der Waals surface area contributed by atoms with Crippen molar-refractivity contribution in [3.8, 4) is 0 Å². The summed E-state index contributed by atoms with van der Waals surface area (Å²) in [6.07, 6.45) is 5.32. The summed E-state index contributed by atoms with van der Waals surface area (Å²) in [6, 6.07) is 14.5. The molecule has 0 aliphatic carbocycles. The first-order valence-electron chi connectivity index (χ1n) is 9.27. The lowest BCUT2D eigenvalue weighted by Crippen LogP contribution is -2.02. The van der Waals surface area contributed by atoms with Gasteiger partial charge in [-0.05, 0) is 48.9 Å². The Kier molecular flexibility index (Phi) is 4.20. The van der Waals surface area contributed by atoms with Gasteiger partial charge in [-0.2, -0.15) is 5.10 Å². The van der Waals surface area contributed by atoms with Crippen LogP contribution in [0.15, 0.2) is 67.3 Å². The van der Waals surface area contributed by atoms with Crippen LogP contribution >= 0.6 is 0 Å². The van der Waals surface area contributed by atoms with E-state index in [0.717, 1.165) is 39.0 Å². The molecule has 0 amide bonds. The molecule has 7 heteroatoms. The third kappa shape index (κ3) is 3.20. The largest absolute Gasteiger partial charge is 0.343 e. The number of benzene rings is 2. The number of fused-ring (bicyclic) bond motifs is 2. The molecule has 143 valence electrons. The van der Waals surface area contributed by atoms with Gasteiger partial charge in [0.25, 0.3) is 0 Å². The third-order valence-electron chi connectivity index (χ3n) is 4.92. The predicted molar refractivity (Wildman–Crippen MR) is 111 cm³/mol. The Labute approximate surface area is 166 Å². The average Bonchev–Trinajstić information content (AvgIpc) is 3.32. The predicted octanol–water partition coefficient (Wildman–Crippen LogP) is 4.55. The Balaban J connectivity index is 1.46. The normalized spacial score (nSPS) is 11.4. The van der Waals surface area contributed by atoms with Crippen LogP contribution in [0.25, 0.3) is 21.9 Å². The van der Waals surface area contributed by atoms with Crippen molar-refractivity contribution in [3.05, 3.63) is 85.6 Å². The molecule has 1 N–H and O–H groups in total. The van der Waals surface area contributed by atoms with Crippen molar-refractivity contribution in [1.29, 1.82) is 0 Å². The molecule has 0 aliphatic rings. The summed E-state index contributed by atoms with van der Waals surface area (Å²) in [7, 11) is 0. The number of hydrogen-bond acceptors (Lipinski definition) is 4. The number of rotatable bonds is 5. The molecule has 0 saturated heterocycles. The van der Waals surface area contributed by atoms with Crippen molar-refractivity contribution >= 4 is 33.4 Å². The van der Waals surface area contributed by atoms with Gasteiger partial charge in [0.15, 0.2) is 5.82 Å². The van der Waals surface area contributed by atoms with E-state index in [2.05, 4.69) is 27.3 Å². The molecule has 0 fully saturated rings. The van der Waals surface area contributed by atoms with Gasteiger partial charge in [0.1, 0.15) is 17.7 Å². The quantitative estimate of drug-likeness (QED) is 0.482. The Morgan fingerprint density at radius 1 is 1.07 bits per heavy atom. The van der Waals surface area contributed by atoms with Crippen molar-refractivity contribution in [2.45, 2.75) is 13.1 Å². The van der Waals surface area contributed by atoms with Crippen LogP contribution in [0.3, 0.4) is 0 Å². The number of halogens is 1. The van der Waals surface area contributed by atoms with E-state index in [9.17, 15) is 4.39 Å². The van der Waals surface area contributed by atoms with E-state index in [0.29, 0.717) is 13.1 Å². The maximum Gasteiger partial charge on any atom is 0.158 e. The Hall–Kier alpha value is -3.74. The second-order valence-electron chi connectivity index (χ2n) is 6.80. The number of anilines is 2. The number of hydrogen-bond donors (Lipinski definition) is 1. The second-order valence-corrected chi connectivity index (χ2v) is 6.80. The van der Waals surface area contributed by atoms with Crippen molar-refractivity contribution in [2.75, 3.05) is 5.32 Å². The van der Waals surface area contributed by atoms with Crippen LogP contribution in [0, 0.1) is 12.7 Å². The van der Waals surface area contributed by atoms with Crippen molar-refractivity contribution in [2.24, 2.45) is 0 Å². The fourth-order valence-electron chi connectivity index (χ4n) is 3.55. The van der Waals surface area contributed by atoms with Crippen LogP contribution in [-0.4, -0.2) is 24.3 Å². The Bertz CT molecular complexity index is 1320. The Morgan fingerprint density at radius 3 is 2.86 bits per heavy atom. The summed E-state index contributed by atoms with van der Waals surface area (Å²) in [5.74, 6) is 0.490. The highest BCUT2D eigenvalue weighted by Gasteiger charge is 2.10.